The van der Waals surface area contributed by atoms with Gasteiger partial charge in [-0.15, -0.1) is 11.3 Å². The summed E-state index contributed by atoms with van der Waals surface area (Å²) in [6.07, 6.45) is -4.92. The number of carbonyl (C=O) groups excluding carboxylic acids is 1. The van der Waals surface area contributed by atoms with Gasteiger partial charge in [-0.1, -0.05) is 11.6 Å². The van der Waals surface area contributed by atoms with Crippen molar-refractivity contribution in [1.29, 1.82) is 0 Å². The number of nitrogens with zero attached hydrogens (tertiary/aromatic N) is 2. The molecule has 0 saturated carbocycles. The van der Waals surface area contributed by atoms with Crippen LogP contribution >= 0.6 is 22.9 Å². The van der Waals surface area contributed by atoms with Crippen molar-refractivity contribution in [3.8, 4) is 0 Å². The molecule has 1 aromatic heterocycles. The molecule has 1 heterocycles. The number of aromatic nitrogens is 1. The average Bonchev–Trinajstić information content (AvgIpc) is 2.80. The first kappa shape index (κ1) is 20.6. The van der Waals surface area contributed by atoms with E-state index in [-0.39, 0.29) is 4.80 Å². The quantitative estimate of drug-likeness (QED) is 0.703. The Balaban J connectivity index is 2.64. The standard InChI is InChI=1S/C16H15ClF4N2O2S/c1-8-9(2)26-15(23(8)6-7-25-3)22-14(24)12-10(16(19,20)21)4-5-11(17)13(12)18/h4-5H,6-7H2,1-3H3. The van der Waals surface area contributed by atoms with Gasteiger partial charge in [-0.3, -0.25) is 4.79 Å². The molecule has 2 rings (SSSR count). The van der Waals surface area contributed by atoms with Crippen molar-refractivity contribution >= 4 is 28.8 Å². The van der Waals surface area contributed by atoms with Crippen LogP contribution in [0.2, 0.25) is 5.02 Å². The van der Waals surface area contributed by atoms with E-state index in [1.165, 1.54) is 7.11 Å². The lowest BCUT2D eigenvalue weighted by atomic mass is 10.1. The number of amides is 1. The van der Waals surface area contributed by atoms with Gasteiger partial charge in [0, 0.05) is 24.2 Å². The minimum atomic E-state index is -4.92. The number of aryl methyl sites for hydroxylation is 1. The zero-order valence-electron chi connectivity index (χ0n) is 14.1. The van der Waals surface area contributed by atoms with Gasteiger partial charge in [-0.05, 0) is 26.0 Å². The van der Waals surface area contributed by atoms with Crippen LogP contribution in [0.25, 0.3) is 0 Å². The zero-order valence-corrected chi connectivity index (χ0v) is 15.7. The fourth-order valence-electron chi connectivity index (χ4n) is 2.27. The Morgan fingerprint density at radius 3 is 2.58 bits per heavy atom. The fourth-order valence-corrected chi connectivity index (χ4v) is 3.42. The van der Waals surface area contributed by atoms with Crippen LogP contribution in [0.5, 0.6) is 0 Å². The highest BCUT2D eigenvalue weighted by molar-refractivity contribution is 7.09. The Morgan fingerprint density at radius 1 is 1.35 bits per heavy atom. The maximum Gasteiger partial charge on any atom is 0.417 e. The Labute approximate surface area is 155 Å². The molecule has 0 aliphatic rings. The molecule has 0 aliphatic heterocycles. The topological polar surface area (TPSA) is 43.6 Å². The van der Waals surface area contributed by atoms with Crippen molar-refractivity contribution < 1.29 is 27.1 Å². The summed E-state index contributed by atoms with van der Waals surface area (Å²) in [4.78, 5) is 17.1. The third-order valence-corrected chi connectivity index (χ3v) is 5.11. The number of benzene rings is 1. The second kappa shape index (κ2) is 7.89. The molecule has 0 spiro atoms. The smallest absolute Gasteiger partial charge is 0.383 e. The van der Waals surface area contributed by atoms with Crippen LogP contribution in [0.3, 0.4) is 0 Å². The average molecular weight is 411 g/mol. The first-order chi connectivity index (χ1) is 12.1. The highest BCUT2D eigenvalue weighted by Crippen LogP contribution is 2.35. The predicted octanol–water partition coefficient (Wildman–Crippen LogP) is 4.37. The van der Waals surface area contributed by atoms with Crippen molar-refractivity contribution in [1.82, 2.24) is 4.57 Å². The van der Waals surface area contributed by atoms with E-state index < -0.39 is 34.1 Å². The fraction of sp³-hybridized carbons (Fsp3) is 0.375. The van der Waals surface area contributed by atoms with Gasteiger partial charge in [-0.25, -0.2) is 4.39 Å². The molecule has 142 valence electrons. The third kappa shape index (κ3) is 4.16. The zero-order chi connectivity index (χ0) is 19.6. The second-order valence-corrected chi connectivity index (χ2v) is 6.96. The molecule has 4 nitrogen and oxygen atoms in total. The first-order valence-corrected chi connectivity index (χ1v) is 8.57. The van der Waals surface area contributed by atoms with Crippen molar-refractivity contribution in [3.63, 3.8) is 0 Å². The summed E-state index contributed by atoms with van der Waals surface area (Å²) < 4.78 is 60.3. The molecule has 1 aromatic carbocycles. The third-order valence-electron chi connectivity index (χ3n) is 3.72. The number of carbonyl (C=O) groups is 1. The van der Waals surface area contributed by atoms with Gasteiger partial charge in [-0.2, -0.15) is 18.2 Å². The maximum absolute atomic E-state index is 14.2. The number of rotatable bonds is 4. The Bertz CT molecular complexity index is 903. The van der Waals surface area contributed by atoms with E-state index in [9.17, 15) is 22.4 Å². The Morgan fingerprint density at radius 2 is 2.00 bits per heavy atom. The molecule has 0 atom stereocenters. The number of hydrogen-bond acceptors (Lipinski definition) is 3. The Kier molecular flexibility index (Phi) is 6.25. The van der Waals surface area contributed by atoms with E-state index in [2.05, 4.69) is 4.99 Å². The minimum Gasteiger partial charge on any atom is -0.383 e. The lowest BCUT2D eigenvalue weighted by Gasteiger charge is -2.12. The van der Waals surface area contributed by atoms with Gasteiger partial charge in [0.2, 0.25) is 0 Å². The van der Waals surface area contributed by atoms with Crippen molar-refractivity contribution in [3.05, 3.63) is 49.5 Å². The molecule has 0 unspecified atom stereocenters. The van der Waals surface area contributed by atoms with Gasteiger partial charge in [0.15, 0.2) is 10.6 Å². The van der Waals surface area contributed by atoms with Crippen LogP contribution in [-0.4, -0.2) is 24.2 Å². The lowest BCUT2D eigenvalue weighted by Crippen LogP contribution is -2.22. The molecule has 0 bridgehead atoms. The van der Waals surface area contributed by atoms with E-state index in [0.717, 1.165) is 28.0 Å². The summed E-state index contributed by atoms with van der Waals surface area (Å²) in [7, 11) is 1.49. The second-order valence-electron chi connectivity index (χ2n) is 5.37. The van der Waals surface area contributed by atoms with Gasteiger partial charge in [0.1, 0.15) is 0 Å². The summed E-state index contributed by atoms with van der Waals surface area (Å²) in [6.45, 7) is 4.24. The maximum atomic E-state index is 14.2. The van der Waals surface area contributed by atoms with Crippen LogP contribution < -0.4 is 4.80 Å². The summed E-state index contributed by atoms with van der Waals surface area (Å²) in [5, 5.41) is -0.581. The predicted molar refractivity (Wildman–Crippen MR) is 90.0 cm³/mol. The van der Waals surface area contributed by atoms with Crippen molar-refractivity contribution in [2.45, 2.75) is 26.6 Å². The number of ether oxygens (including phenoxy) is 1. The number of halogens is 5. The van der Waals surface area contributed by atoms with E-state index in [0.29, 0.717) is 19.2 Å². The molecule has 0 fully saturated rings. The number of thiazole rings is 1. The van der Waals surface area contributed by atoms with E-state index in [1.54, 1.807) is 18.4 Å². The highest BCUT2D eigenvalue weighted by atomic mass is 35.5. The van der Waals surface area contributed by atoms with Crippen molar-refractivity contribution in [2.75, 3.05) is 13.7 Å². The molecular weight excluding hydrogens is 396 g/mol. The minimum absolute atomic E-state index is 0.162. The number of hydrogen-bond donors (Lipinski definition) is 0. The van der Waals surface area contributed by atoms with E-state index >= 15 is 0 Å². The van der Waals surface area contributed by atoms with Gasteiger partial charge in [0.25, 0.3) is 5.91 Å². The molecule has 26 heavy (non-hydrogen) atoms. The molecular formula is C16H15ClF4N2O2S. The normalized spacial score (nSPS) is 12.7. The SMILES string of the molecule is COCCn1c(C)c(C)sc1=NC(=O)c1c(C(F)(F)F)ccc(Cl)c1F. The van der Waals surface area contributed by atoms with Gasteiger partial charge in [0.05, 0.1) is 22.8 Å². The number of methoxy groups -OCH3 is 1. The van der Waals surface area contributed by atoms with Gasteiger partial charge < -0.3 is 9.30 Å². The summed E-state index contributed by atoms with van der Waals surface area (Å²) in [5.41, 5.74) is -1.81. The van der Waals surface area contributed by atoms with Crippen LogP contribution in [0.4, 0.5) is 17.6 Å². The summed E-state index contributed by atoms with van der Waals surface area (Å²) in [6, 6.07) is 1.33. The number of alkyl halides is 3. The lowest BCUT2D eigenvalue weighted by molar-refractivity contribution is -0.138. The monoisotopic (exact) mass is 410 g/mol. The van der Waals surface area contributed by atoms with E-state index in [4.69, 9.17) is 16.3 Å². The summed E-state index contributed by atoms with van der Waals surface area (Å²) in [5.74, 6) is -2.78. The molecule has 1 amide bonds. The molecule has 0 N–H and O–H groups in total. The Hall–Kier alpha value is -1.71. The summed E-state index contributed by atoms with van der Waals surface area (Å²) >= 11 is 6.68. The van der Waals surface area contributed by atoms with E-state index in [1.807, 2.05) is 0 Å². The molecule has 0 saturated heterocycles. The van der Waals surface area contributed by atoms with Crippen LogP contribution in [0, 0.1) is 19.7 Å². The highest BCUT2D eigenvalue weighted by Gasteiger charge is 2.37. The van der Waals surface area contributed by atoms with Crippen molar-refractivity contribution in [2.24, 2.45) is 4.99 Å². The molecule has 0 radical (unpaired) electrons. The molecule has 0 aliphatic carbocycles. The molecule has 2 aromatic rings. The van der Waals surface area contributed by atoms with Crippen LogP contribution in [0.1, 0.15) is 26.5 Å². The first-order valence-electron chi connectivity index (χ1n) is 7.38. The van der Waals surface area contributed by atoms with Crippen LogP contribution in [0.15, 0.2) is 17.1 Å². The van der Waals surface area contributed by atoms with Crippen LogP contribution in [-0.2, 0) is 17.5 Å². The van der Waals surface area contributed by atoms with Gasteiger partial charge >= 0.3 is 6.18 Å². The largest absolute Gasteiger partial charge is 0.417 e. The molecule has 10 heteroatoms.